The van der Waals surface area contributed by atoms with Crippen LogP contribution in [-0.4, -0.2) is 6.29 Å². The van der Waals surface area contributed by atoms with Crippen molar-refractivity contribution in [1.82, 2.24) is 0 Å². The third kappa shape index (κ3) is 1.76. The second-order valence-corrected chi connectivity index (χ2v) is 3.96. The molecule has 0 fully saturated rings. The van der Waals surface area contributed by atoms with Crippen LogP contribution in [0.25, 0.3) is 10.8 Å². The second kappa shape index (κ2) is 3.48. The predicted molar refractivity (Wildman–Crippen MR) is 61.6 cm³/mol. The first-order valence-electron chi connectivity index (χ1n) is 4.88. The minimum Gasteiger partial charge on any atom is -0.316 e. The highest BCUT2D eigenvalue weighted by molar-refractivity contribution is 5.84. The molecule has 0 heterocycles. The van der Waals surface area contributed by atoms with E-state index in [-0.39, 0.29) is 0 Å². The van der Waals surface area contributed by atoms with Gasteiger partial charge in [-0.2, -0.15) is 0 Å². The molecule has 1 atom stereocenters. The first kappa shape index (κ1) is 9.87. The van der Waals surface area contributed by atoms with E-state index in [1.165, 1.54) is 0 Å². The summed E-state index contributed by atoms with van der Waals surface area (Å²) in [5.41, 5.74) is 5.81. The quantitative estimate of drug-likeness (QED) is 0.753. The Bertz CT molecular complexity index is 503. The van der Waals surface area contributed by atoms with Gasteiger partial charge in [0.1, 0.15) is 6.29 Å². The van der Waals surface area contributed by atoms with Crippen LogP contribution >= 0.6 is 0 Å². The Hall–Kier alpha value is -1.67. The van der Waals surface area contributed by atoms with E-state index in [1.54, 1.807) is 6.92 Å². The fourth-order valence-corrected chi connectivity index (χ4v) is 1.59. The van der Waals surface area contributed by atoms with Gasteiger partial charge >= 0.3 is 0 Å². The van der Waals surface area contributed by atoms with Crippen LogP contribution in [0.1, 0.15) is 12.5 Å². The summed E-state index contributed by atoms with van der Waals surface area (Å²) in [6.07, 6.45) is 0.775. The SMILES string of the molecule is C[C@](N)(C=O)c1ccc2ccccc2c1. The van der Waals surface area contributed by atoms with Gasteiger partial charge in [-0.1, -0.05) is 36.4 Å². The molecule has 0 saturated heterocycles. The van der Waals surface area contributed by atoms with E-state index in [0.29, 0.717) is 0 Å². The third-order valence-electron chi connectivity index (χ3n) is 2.62. The molecule has 0 aliphatic carbocycles. The third-order valence-corrected chi connectivity index (χ3v) is 2.62. The van der Waals surface area contributed by atoms with E-state index < -0.39 is 5.54 Å². The molecule has 15 heavy (non-hydrogen) atoms. The van der Waals surface area contributed by atoms with E-state index in [2.05, 4.69) is 0 Å². The zero-order valence-electron chi connectivity index (χ0n) is 8.60. The predicted octanol–water partition coefficient (Wildman–Crippen LogP) is 2.21. The van der Waals surface area contributed by atoms with Crippen molar-refractivity contribution in [2.24, 2.45) is 5.73 Å². The van der Waals surface area contributed by atoms with E-state index in [0.717, 1.165) is 22.6 Å². The van der Waals surface area contributed by atoms with Crippen molar-refractivity contribution in [2.45, 2.75) is 12.5 Å². The molecule has 2 aromatic carbocycles. The Labute approximate surface area is 88.7 Å². The average Bonchev–Trinajstić information content (AvgIpc) is 2.28. The molecule has 2 aromatic rings. The topological polar surface area (TPSA) is 43.1 Å². The summed E-state index contributed by atoms with van der Waals surface area (Å²) >= 11 is 0. The number of benzene rings is 2. The van der Waals surface area contributed by atoms with Crippen molar-refractivity contribution in [1.29, 1.82) is 0 Å². The van der Waals surface area contributed by atoms with Crippen LogP contribution in [0.4, 0.5) is 0 Å². The van der Waals surface area contributed by atoms with Gasteiger partial charge < -0.3 is 10.5 Å². The van der Waals surface area contributed by atoms with Crippen molar-refractivity contribution < 1.29 is 4.79 Å². The smallest absolute Gasteiger partial charge is 0.144 e. The fourth-order valence-electron chi connectivity index (χ4n) is 1.59. The number of aldehydes is 1. The Kier molecular flexibility index (Phi) is 2.29. The molecule has 0 saturated carbocycles. The maximum absolute atomic E-state index is 10.8. The van der Waals surface area contributed by atoms with Crippen LogP contribution < -0.4 is 5.73 Å². The van der Waals surface area contributed by atoms with Crippen LogP contribution in [0, 0.1) is 0 Å². The summed E-state index contributed by atoms with van der Waals surface area (Å²) in [5, 5.41) is 2.26. The molecule has 0 radical (unpaired) electrons. The minimum atomic E-state index is -0.899. The standard InChI is InChI=1S/C13H13NO/c1-13(14,9-15)12-7-6-10-4-2-3-5-11(10)8-12/h2-9H,14H2,1H3/t13-/m0/s1. The lowest BCUT2D eigenvalue weighted by atomic mass is 9.93. The Morgan fingerprint density at radius 1 is 1.13 bits per heavy atom. The normalized spacial score (nSPS) is 14.8. The number of hydrogen-bond acceptors (Lipinski definition) is 2. The van der Waals surface area contributed by atoms with Crippen molar-refractivity contribution in [2.75, 3.05) is 0 Å². The van der Waals surface area contributed by atoms with Crippen molar-refractivity contribution in [3.8, 4) is 0 Å². The van der Waals surface area contributed by atoms with Gasteiger partial charge in [0.15, 0.2) is 0 Å². The summed E-state index contributed by atoms with van der Waals surface area (Å²) in [6, 6.07) is 13.9. The molecule has 0 aliphatic rings. The molecule has 2 nitrogen and oxygen atoms in total. The molecule has 0 aromatic heterocycles. The number of carbonyl (C=O) groups is 1. The van der Waals surface area contributed by atoms with Crippen LogP contribution in [0.15, 0.2) is 42.5 Å². The lowest BCUT2D eigenvalue weighted by molar-refractivity contribution is -0.112. The maximum atomic E-state index is 10.8. The minimum absolute atomic E-state index is 0.775. The summed E-state index contributed by atoms with van der Waals surface area (Å²) < 4.78 is 0. The number of rotatable bonds is 2. The molecular formula is C13H13NO. The molecule has 0 aliphatic heterocycles. The highest BCUT2D eigenvalue weighted by Crippen LogP contribution is 2.21. The van der Waals surface area contributed by atoms with Crippen LogP contribution in [0.5, 0.6) is 0 Å². The van der Waals surface area contributed by atoms with Gasteiger partial charge in [-0.25, -0.2) is 0 Å². The van der Waals surface area contributed by atoms with Gasteiger partial charge in [0, 0.05) is 0 Å². The number of carbonyl (C=O) groups excluding carboxylic acids is 1. The zero-order valence-corrected chi connectivity index (χ0v) is 8.60. The molecule has 0 bridgehead atoms. The fraction of sp³-hybridized carbons (Fsp3) is 0.154. The second-order valence-electron chi connectivity index (χ2n) is 3.96. The van der Waals surface area contributed by atoms with E-state index in [9.17, 15) is 4.79 Å². The largest absolute Gasteiger partial charge is 0.316 e. The molecule has 2 N–H and O–H groups in total. The van der Waals surface area contributed by atoms with Gasteiger partial charge in [-0.15, -0.1) is 0 Å². The van der Waals surface area contributed by atoms with Crippen LogP contribution in [0.3, 0.4) is 0 Å². The lowest BCUT2D eigenvalue weighted by Crippen LogP contribution is -2.34. The summed E-state index contributed by atoms with van der Waals surface area (Å²) in [5.74, 6) is 0. The highest BCUT2D eigenvalue weighted by atomic mass is 16.1. The van der Waals surface area contributed by atoms with Crippen molar-refractivity contribution in [3.63, 3.8) is 0 Å². The van der Waals surface area contributed by atoms with Gasteiger partial charge in [0.2, 0.25) is 0 Å². The number of hydrogen-bond donors (Lipinski definition) is 1. The Morgan fingerprint density at radius 2 is 1.80 bits per heavy atom. The Balaban J connectivity index is 2.61. The zero-order chi connectivity index (χ0) is 10.9. The Morgan fingerprint density at radius 3 is 2.47 bits per heavy atom. The maximum Gasteiger partial charge on any atom is 0.144 e. The molecule has 0 amide bonds. The molecular weight excluding hydrogens is 186 g/mol. The number of fused-ring (bicyclic) bond motifs is 1. The number of nitrogens with two attached hydrogens (primary N) is 1. The van der Waals surface area contributed by atoms with Gasteiger partial charge in [0.25, 0.3) is 0 Å². The monoisotopic (exact) mass is 199 g/mol. The lowest BCUT2D eigenvalue weighted by Gasteiger charge is -2.17. The van der Waals surface area contributed by atoms with E-state index in [4.69, 9.17) is 5.73 Å². The summed E-state index contributed by atoms with van der Waals surface area (Å²) in [4.78, 5) is 10.8. The molecule has 2 rings (SSSR count). The molecule has 2 heteroatoms. The van der Waals surface area contributed by atoms with Crippen molar-refractivity contribution in [3.05, 3.63) is 48.0 Å². The summed E-state index contributed by atoms with van der Waals surface area (Å²) in [7, 11) is 0. The highest BCUT2D eigenvalue weighted by Gasteiger charge is 2.19. The van der Waals surface area contributed by atoms with Crippen LogP contribution in [0.2, 0.25) is 0 Å². The van der Waals surface area contributed by atoms with Gasteiger partial charge in [-0.3, -0.25) is 0 Å². The van der Waals surface area contributed by atoms with Crippen molar-refractivity contribution >= 4 is 17.1 Å². The van der Waals surface area contributed by atoms with Gasteiger partial charge in [-0.05, 0) is 29.3 Å². The molecule has 0 spiro atoms. The average molecular weight is 199 g/mol. The summed E-state index contributed by atoms with van der Waals surface area (Å²) in [6.45, 7) is 1.71. The van der Waals surface area contributed by atoms with Gasteiger partial charge in [0.05, 0.1) is 5.54 Å². The first-order valence-corrected chi connectivity index (χ1v) is 4.88. The van der Waals surface area contributed by atoms with Crippen LogP contribution in [-0.2, 0) is 10.3 Å². The first-order chi connectivity index (χ1) is 7.13. The molecule has 76 valence electrons. The van der Waals surface area contributed by atoms with E-state index >= 15 is 0 Å². The molecule has 0 unspecified atom stereocenters. The van der Waals surface area contributed by atoms with E-state index in [1.807, 2.05) is 42.5 Å².